The Bertz CT molecular complexity index is 624. The van der Waals surface area contributed by atoms with Gasteiger partial charge in [-0.25, -0.2) is 4.68 Å². The minimum Gasteiger partial charge on any atom is -0.240 e. The Morgan fingerprint density at radius 3 is 2.69 bits per heavy atom. The quantitative estimate of drug-likeness (QED) is 0.599. The Kier molecular flexibility index (Phi) is 2.00. The summed E-state index contributed by atoms with van der Waals surface area (Å²) in [5.74, 6) is 0. The Hall–Kier alpha value is -2.09. The van der Waals surface area contributed by atoms with Crippen LogP contribution >= 0.6 is 0 Å². The third-order valence-electron chi connectivity index (χ3n) is 2.84. The molecule has 1 heterocycles. The fraction of sp³-hybridized carbons (Fsp3) is 0.0714. The van der Waals surface area contributed by atoms with Crippen LogP contribution in [0, 0.1) is 6.92 Å². The number of nitrogens with zero attached hydrogens (tertiary/aromatic N) is 2. The van der Waals surface area contributed by atoms with Gasteiger partial charge in [-0.1, -0.05) is 36.4 Å². The van der Waals surface area contributed by atoms with Crippen molar-refractivity contribution in [1.82, 2.24) is 9.78 Å². The first-order chi connectivity index (χ1) is 7.86. The minimum absolute atomic E-state index is 1.17. The van der Waals surface area contributed by atoms with E-state index in [1.807, 2.05) is 16.9 Å². The molecule has 0 unspecified atom stereocenters. The molecule has 16 heavy (non-hydrogen) atoms. The van der Waals surface area contributed by atoms with E-state index in [1.165, 1.54) is 22.0 Å². The normalized spacial score (nSPS) is 10.8. The molecule has 78 valence electrons. The predicted octanol–water partition coefficient (Wildman–Crippen LogP) is 3.33. The molecule has 1 aromatic heterocycles. The van der Waals surface area contributed by atoms with Crippen LogP contribution < -0.4 is 0 Å². The fourth-order valence-electron chi connectivity index (χ4n) is 2.07. The van der Waals surface area contributed by atoms with Gasteiger partial charge < -0.3 is 0 Å². The highest BCUT2D eigenvalue weighted by Crippen LogP contribution is 2.24. The first-order valence-electron chi connectivity index (χ1n) is 5.34. The van der Waals surface area contributed by atoms with Gasteiger partial charge in [0.15, 0.2) is 0 Å². The summed E-state index contributed by atoms with van der Waals surface area (Å²) < 4.78 is 1.93. The second kappa shape index (κ2) is 3.49. The maximum atomic E-state index is 4.31. The van der Waals surface area contributed by atoms with Crippen molar-refractivity contribution < 1.29 is 0 Å². The van der Waals surface area contributed by atoms with Crippen LogP contribution in [0.5, 0.6) is 0 Å². The van der Waals surface area contributed by atoms with Crippen LogP contribution in [0.25, 0.3) is 16.5 Å². The maximum absolute atomic E-state index is 4.31. The van der Waals surface area contributed by atoms with E-state index >= 15 is 0 Å². The summed E-state index contributed by atoms with van der Waals surface area (Å²) in [6.45, 7) is 2.11. The summed E-state index contributed by atoms with van der Waals surface area (Å²) in [4.78, 5) is 0. The summed E-state index contributed by atoms with van der Waals surface area (Å²) in [6.07, 6.45) is 3.79. The van der Waals surface area contributed by atoms with Gasteiger partial charge in [-0.15, -0.1) is 0 Å². The number of aromatic nitrogens is 2. The summed E-state index contributed by atoms with van der Waals surface area (Å²) in [5.41, 5.74) is 2.41. The van der Waals surface area contributed by atoms with E-state index in [9.17, 15) is 0 Å². The topological polar surface area (TPSA) is 17.8 Å². The number of fused-ring (bicyclic) bond motifs is 1. The zero-order valence-electron chi connectivity index (χ0n) is 9.09. The van der Waals surface area contributed by atoms with Crippen LogP contribution in [0.15, 0.2) is 54.9 Å². The molecule has 0 atom stereocenters. The minimum atomic E-state index is 1.17. The van der Waals surface area contributed by atoms with Crippen LogP contribution in [-0.4, -0.2) is 9.78 Å². The molecule has 0 aliphatic heterocycles. The largest absolute Gasteiger partial charge is 0.240 e. The standard InChI is InChI=1S/C14H12N2/c1-11-7-8-12-5-2-3-6-13(12)14(11)16-10-4-9-15-16/h2-10H,1H3. The van der Waals surface area contributed by atoms with Crippen LogP contribution in [0.1, 0.15) is 5.56 Å². The zero-order valence-corrected chi connectivity index (χ0v) is 9.09. The molecule has 2 heteroatoms. The van der Waals surface area contributed by atoms with Crippen molar-refractivity contribution >= 4 is 10.8 Å². The lowest BCUT2D eigenvalue weighted by Crippen LogP contribution is -1.98. The first-order valence-corrected chi connectivity index (χ1v) is 5.34. The van der Waals surface area contributed by atoms with E-state index in [1.54, 1.807) is 6.20 Å². The summed E-state index contributed by atoms with van der Waals surface area (Å²) in [6, 6.07) is 14.6. The number of hydrogen-bond acceptors (Lipinski definition) is 1. The number of aryl methyl sites for hydroxylation is 1. The SMILES string of the molecule is Cc1ccc2ccccc2c1-n1cccn1. The summed E-state index contributed by atoms with van der Waals surface area (Å²) >= 11 is 0. The molecule has 2 nitrogen and oxygen atoms in total. The van der Waals surface area contributed by atoms with E-state index in [0.29, 0.717) is 0 Å². The van der Waals surface area contributed by atoms with Crippen molar-refractivity contribution in [1.29, 1.82) is 0 Å². The van der Waals surface area contributed by atoms with Crippen LogP contribution in [-0.2, 0) is 0 Å². The number of benzene rings is 2. The lowest BCUT2D eigenvalue weighted by Gasteiger charge is -2.09. The van der Waals surface area contributed by atoms with E-state index in [4.69, 9.17) is 0 Å². The van der Waals surface area contributed by atoms with Crippen molar-refractivity contribution in [3.63, 3.8) is 0 Å². The molecule has 0 N–H and O–H groups in total. The molecule has 3 aromatic rings. The van der Waals surface area contributed by atoms with Crippen molar-refractivity contribution in [3.05, 3.63) is 60.4 Å². The van der Waals surface area contributed by atoms with Crippen molar-refractivity contribution in [3.8, 4) is 5.69 Å². The third-order valence-corrected chi connectivity index (χ3v) is 2.84. The van der Waals surface area contributed by atoms with Crippen molar-refractivity contribution in [2.45, 2.75) is 6.92 Å². The van der Waals surface area contributed by atoms with Crippen molar-refractivity contribution in [2.75, 3.05) is 0 Å². The van der Waals surface area contributed by atoms with Crippen LogP contribution in [0.4, 0.5) is 0 Å². The molecule has 0 amide bonds. The summed E-state index contributed by atoms with van der Waals surface area (Å²) in [7, 11) is 0. The van der Waals surface area contributed by atoms with E-state index in [-0.39, 0.29) is 0 Å². The lowest BCUT2D eigenvalue weighted by atomic mass is 10.0. The molecular formula is C14H12N2. The second-order valence-electron chi connectivity index (χ2n) is 3.90. The molecule has 0 aliphatic carbocycles. The Labute approximate surface area is 94.1 Å². The maximum Gasteiger partial charge on any atom is 0.0753 e. The molecule has 0 saturated heterocycles. The molecule has 2 aromatic carbocycles. The monoisotopic (exact) mass is 208 g/mol. The highest BCUT2D eigenvalue weighted by molar-refractivity contribution is 5.91. The summed E-state index contributed by atoms with van der Waals surface area (Å²) in [5, 5.41) is 6.80. The molecule has 0 spiro atoms. The molecule has 3 rings (SSSR count). The average Bonchev–Trinajstić information content (AvgIpc) is 2.82. The number of hydrogen-bond donors (Lipinski definition) is 0. The van der Waals surface area contributed by atoms with Gasteiger partial charge in [-0.2, -0.15) is 5.10 Å². The van der Waals surface area contributed by atoms with E-state index < -0.39 is 0 Å². The number of rotatable bonds is 1. The van der Waals surface area contributed by atoms with Gasteiger partial charge in [0.2, 0.25) is 0 Å². The van der Waals surface area contributed by atoms with E-state index in [0.717, 1.165) is 0 Å². The van der Waals surface area contributed by atoms with Gasteiger partial charge in [0.05, 0.1) is 5.69 Å². The molecule has 0 fully saturated rings. The molecule has 0 radical (unpaired) electrons. The first kappa shape index (κ1) is 9.16. The molecule has 0 aliphatic rings. The Morgan fingerprint density at radius 2 is 1.88 bits per heavy atom. The lowest BCUT2D eigenvalue weighted by molar-refractivity contribution is 0.880. The van der Waals surface area contributed by atoms with Gasteiger partial charge in [-0.05, 0) is 23.9 Å². The van der Waals surface area contributed by atoms with Gasteiger partial charge in [0.25, 0.3) is 0 Å². The highest BCUT2D eigenvalue weighted by Gasteiger charge is 2.05. The fourth-order valence-corrected chi connectivity index (χ4v) is 2.07. The van der Waals surface area contributed by atoms with Gasteiger partial charge in [0.1, 0.15) is 0 Å². The average molecular weight is 208 g/mol. The third kappa shape index (κ3) is 1.31. The smallest absolute Gasteiger partial charge is 0.0753 e. The second-order valence-corrected chi connectivity index (χ2v) is 3.90. The van der Waals surface area contributed by atoms with Gasteiger partial charge in [-0.3, -0.25) is 0 Å². The van der Waals surface area contributed by atoms with Crippen LogP contribution in [0.3, 0.4) is 0 Å². The van der Waals surface area contributed by atoms with Crippen LogP contribution in [0.2, 0.25) is 0 Å². The molecule has 0 bridgehead atoms. The predicted molar refractivity (Wildman–Crippen MR) is 65.8 cm³/mol. The zero-order chi connectivity index (χ0) is 11.0. The van der Waals surface area contributed by atoms with Crippen molar-refractivity contribution in [2.24, 2.45) is 0 Å². The van der Waals surface area contributed by atoms with E-state index in [2.05, 4.69) is 48.4 Å². The Balaban J connectivity index is 2.42. The van der Waals surface area contributed by atoms with Gasteiger partial charge in [0, 0.05) is 17.8 Å². The van der Waals surface area contributed by atoms with Gasteiger partial charge >= 0.3 is 0 Å². The molecule has 0 saturated carbocycles. The Morgan fingerprint density at radius 1 is 1.00 bits per heavy atom. The molecular weight excluding hydrogens is 196 g/mol. The highest BCUT2D eigenvalue weighted by atomic mass is 15.3.